The second kappa shape index (κ2) is 4.19. The topological polar surface area (TPSA) is 41.0 Å². The third-order valence-electron chi connectivity index (χ3n) is 1.99. The Hall–Kier alpha value is -0.430. The Labute approximate surface area is 90.9 Å². The largest absolute Gasteiger partial charge is 0.326 e. The highest BCUT2D eigenvalue weighted by Gasteiger charge is 2.20. The van der Waals surface area contributed by atoms with Crippen molar-refractivity contribution in [3.8, 4) is 0 Å². The van der Waals surface area contributed by atoms with E-state index in [-0.39, 0.29) is 0 Å². The molecule has 4 nitrogen and oxygen atoms in total. The van der Waals surface area contributed by atoms with Crippen LogP contribution >= 0.6 is 22.6 Å². The molecule has 1 N–H and O–H groups in total. The summed E-state index contributed by atoms with van der Waals surface area (Å²) in [6, 6.07) is 1.84. The van der Waals surface area contributed by atoms with Crippen molar-refractivity contribution in [2.45, 2.75) is 4.05 Å². The van der Waals surface area contributed by atoms with E-state index in [9.17, 15) is 0 Å². The zero-order chi connectivity index (χ0) is 9.10. The van der Waals surface area contributed by atoms with Gasteiger partial charge < -0.3 is 10.2 Å². The SMILES string of the molecule is IC1CNCCN1c1ncccn1. The molecule has 1 aliphatic rings. The molecular weight excluding hydrogens is 279 g/mol. The van der Waals surface area contributed by atoms with Gasteiger partial charge >= 0.3 is 0 Å². The van der Waals surface area contributed by atoms with Gasteiger partial charge in [0.25, 0.3) is 0 Å². The monoisotopic (exact) mass is 290 g/mol. The molecule has 70 valence electrons. The summed E-state index contributed by atoms with van der Waals surface area (Å²) in [6.45, 7) is 2.99. The molecule has 1 atom stereocenters. The maximum Gasteiger partial charge on any atom is 0.226 e. The molecule has 1 unspecified atom stereocenters. The number of alkyl halides is 1. The number of rotatable bonds is 1. The third kappa shape index (κ3) is 2.08. The molecule has 2 heterocycles. The number of piperazine rings is 1. The molecule has 0 radical (unpaired) electrons. The van der Waals surface area contributed by atoms with Gasteiger partial charge in [-0.05, 0) is 6.07 Å². The maximum absolute atomic E-state index is 4.24. The molecule has 5 heteroatoms. The Morgan fingerprint density at radius 1 is 1.46 bits per heavy atom. The molecule has 13 heavy (non-hydrogen) atoms. The number of hydrogen-bond acceptors (Lipinski definition) is 4. The number of nitrogens with zero attached hydrogens (tertiary/aromatic N) is 3. The van der Waals surface area contributed by atoms with Crippen molar-refractivity contribution in [1.82, 2.24) is 15.3 Å². The van der Waals surface area contributed by atoms with Crippen LogP contribution in [0.2, 0.25) is 0 Å². The molecule has 1 aromatic rings. The Balaban J connectivity index is 2.15. The van der Waals surface area contributed by atoms with E-state index in [1.165, 1.54) is 0 Å². The van der Waals surface area contributed by atoms with Crippen LogP contribution in [0, 0.1) is 0 Å². The third-order valence-corrected chi connectivity index (χ3v) is 3.10. The van der Waals surface area contributed by atoms with Crippen molar-refractivity contribution in [3.05, 3.63) is 18.5 Å². The van der Waals surface area contributed by atoms with Crippen molar-refractivity contribution < 1.29 is 0 Å². The lowest BCUT2D eigenvalue weighted by Crippen LogP contribution is -2.49. The molecule has 1 aromatic heterocycles. The smallest absolute Gasteiger partial charge is 0.226 e. The van der Waals surface area contributed by atoms with Crippen LogP contribution in [0.25, 0.3) is 0 Å². The lowest BCUT2D eigenvalue weighted by atomic mass is 10.4. The van der Waals surface area contributed by atoms with E-state index in [0.29, 0.717) is 4.05 Å². The number of anilines is 1. The molecule has 0 amide bonds. The second-order valence-electron chi connectivity index (χ2n) is 2.88. The van der Waals surface area contributed by atoms with Gasteiger partial charge in [-0.3, -0.25) is 0 Å². The summed E-state index contributed by atoms with van der Waals surface area (Å²) < 4.78 is 0.453. The summed E-state index contributed by atoms with van der Waals surface area (Å²) in [5, 5.41) is 3.33. The van der Waals surface area contributed by atoms with Crippen LogP contribution in [0.15, 0.2) is 18.5 Å². The zero-order valence-electron chi connectivity index (χ0n) is 7.15. The summed E-state index contributed by atoms with van der Waals surface area (Å²) in [6.07, 6.45) is 3.57. The summed E-state index contributed by atoms with van der Waals surface area (Å²) >= 11 is 2.41. The van der Waals surface area contributed by atoms with Crippen molar-refractivity contribution in [2.75, 3.05) is 24.5 Å². The lowest BCUT2D eigenvalue weighted by Gasteiger charge is -2.32. The van der Waals surface area contributed by atoms with E-state index in [1.807, 2.05) is 6.07 Å². The van der Waals surface area contributed by atoms with Gasteiger partial charge in [-0.15, -0.1) is 0 Å². The van der Waals surface area contributed by atoms with Gasteiger partial charge in [0.15, 0.2) is 0 Å². The molecule has 0 bridgehead atoms. The number of hydrogen-bond donors (Lipinski definition) is 1. The molecule has 0 saturated carbocycles. The van der Waals surface area contributed by atoms with Crippen LogP contribution in [0.5, 0.6) is 0 Å². The van der Waals surface area contributed by atoms with Crippen LogP contribution < -0.4 is 10.2 Å². The number of halogens is 1. The van der Waals surface area contributed by atoms with Crippen molar-refractivity contribution >= 4 is 28.5 Å². The summed E-state index contributed by atoms with van der Waals surface area (Å²) in [7, 11) is 0. The van der Waals surface area contributed by atoms with Crippen LogP contribution in [0.3, 0.4) is 0 Å². The van der Waals surface area contributed by atoms with E-state index in [4.69, 9.17) is 0 Å². The van der Waals surface area contributed by atoms with E-state index in [0.717, 1.165) is 25.6 Å². The molecule has 0 spiro atoms. The highest BCUT2D eigenvalue weighted by molar-refractivity contribution is 14.1. The Morgan fingerprint density at radius 2 is 2.23 bits per heavy atom. The van der Waals surface area contributed by atoms with Crippen LogP contribution in [0.4, 0.5) is 5.95 Å². The van der Waals surface area contributed by atoms with E-state index < -0.39 is 0 Å². The fourth-order valence-electron chi connectivity index (χ4n) is 1.34. The highest BCUT2D eigenvalue weighted by atomic mass is 127. The van der Waals surface area contributed by atoms with Crippen LogP contribution in [-0.2, 0) is 0 Å². The van der Waals surface area contributed by atoms with E-state index >= 15 is 0 Å². The number of nitrogens with one attached hydrogen (secondary N) is 1. The van der Waals surface area contributed by atoms with Gasteiger partial charge in [0.2, 0.25) is 5.95 Å². The first-order valence-electron chi connectivity index (χ1n) is 4.26. The molecule has 0 aromatic carbocycles. The zero-order valence-corrected chi connectivity index (χ0v) is 9.31. The average molecular weight is 290 g/mol. The number of aromatic nitrogens is 2. The fourth-order valence-corrected chi connectivity index (χ4v) is 2.17. The Kier molecular flexibility index (Phi) is 2.94. The minimum absolute atomic E-state index is 0.453. The predicted molar refractivity (Wildman–Crippen MR) is 60.1 cm³/mol. The predicted octanol–water partition coefficient (Wildman–Crippen LogP) is 0.647. The summed E-state index contributed by atoms with van der Waals surface area (Å²) in [5.74, 6) is 0.836. The van der Waals surface area contributed by atoms with Crippen molar-refractivity contribution in [2.24, 2.45) is 0 Å². The second-order valence-corrected chi connectivity index (χ2v) is 4.32. The minimum Gasteiger partial charge on any atom is -0.326 e. The van der Waals surface area contributed by atoms with Crippen molar-refractivity contribution in [3.63, 3.8) is 0 Å². The molecule has 1 fully saturated rings. The van der Waals surface area contributed by atoms with Gasteiger partial charge in [-0.2, -0.15) is 0 Å². The van der Waals surface area contributed by atoms with Gasteiger partial charge in [-0.1, -0.05) is 22.6 Å². The maximum atomic E-state index is 4.24. The van der Waals surface area contributed by atoms with E-state index in [1.54, 1.807) is 12.4 Å². The molecule has 0 aliphatic carbocycles. The lowest BCUT2D eigenvalue weighted by molar-refractivity contribution is 0.567. The molecule has 1 saturated heterocycles. The quantitative estimate of drug-likeness (QED) is 0.468. The summed E-state index contributed by atoms with van der Waals surface area (Å²) in [5.41, 5.74) is 0. The molecular formula is C8H11IN4. The van der Waals surface area contributed by atoms with Crippen LogP contribution in [0.1, 0.15) is 0 Å². The molecule has 2 rings (SSSR count). The van der Waals surface area contributed by atoms with Crippen LogP contribution in [-0.4, -0.2) is 33.7 Å². The fraction of sp³-hybridized carbons (Fsp3) is 0.500. The van der Waals surface area contributed by atoms with Gasteiger partial charge in [-0.25, -0.2) is 9.97 Å². The normalized spacial score (nSPS) is 23.2. The van der Waals surface area contributed by atoms with Gasteiger partial charge in [0.05, 0.1) is 4.05 Å². The molecule has 1 aliphatic heterocycles. The van der Waals surface area contributed by atoms with Gasteiger partial charge in [0, 0.05) is 32.0 Å². The average Bonchev–Trinajstić information content (AvgIpc) is 2.20. The summed E-state index contributed by atoms with van der Waals surface area (Å²) in [4.78, 5) is 10.7. The standard InChI is InChI=1S/C8H11IN4/c9-7-6-10-4-5-13(7)8-11-2-1-3-12-8/h1-3,7,10H,4-6H2. The van der Waals surface area contributed by atoms with Crippen molar-refractivity contribution in [1.29, 1.82) is 0 Å². The minimum atomic E-state index is 0.453. The highest BCUT2D eigenvalue weighted by Crippen LogP contribution is 2.16. The first kappa shape index (κ1) is 9.14. The first-order chi connectivity index (χ1) is 6.38. The first-order valence-corrected chi connectivity index (χ1v) is 5.51. The van der Waals surface area contributed by atoms with Gasteiger partial charge in [0.1, 0.15) is 0 Å². The Morgan fingerprint density at radius 3 is 2.92 bits per heavy atom. The van der Waals surface area contributed by atoms with E-state index in [2.05, 4.69) is 42.8 Å². The Bertz CT molecular complexity index is 266.